The van der Waals surface area contributed by atoms with Crippen molar-refractivity contribution in [3.8, 4) is 0 Å². The van der Waals surface area contributed by atoms with Crippen LogP contribution in [0.25, 0.3) is 0 Å². The van der Waals surface area contributed by atoms with Gasteiger partial charge < -0.3 is 15.2 Å². The summed E-state index contributed by atoms with van der Waals surface area (Å²) < 4.78 is 4.67. The van der Waals surface area contributed by atoms with Crippen molar-refractivity contribution in [3.05, 3.63) is 59.7 Å². The number of aromatic carboxylic acids is 1. The molecule has 1 fully saturated rings. The molecule has 1 aliphatic rings. The molecule has 10 heteroatoms. The quantitative estimate of drug-likeness (QED) is 0.614. The number of hydrogen-bond donors (Lipinski definition) is 2. The molecule has 9 nitrogen and oxygen atoms in total. The van der Waals surface area contributed by atoms with Gasteiger partial charge in [-0.3, -0.25) is 14.5 Å². The molecule has 0 radical (unpaired) electrons. The number of nitrogens with zero attached hydrogens (tertiary/aromatic N) is 2. The highest BCUT2D eigenvalue weighted by molar-refractivity contribution is 8.15. The minimum Gasteiger partial charge on any atom is -0.478 e. The predicted octanol–water partition coefficient (Wildman–Crippen LogP) is 3.15. The van der Waals surface area contributed by atoms with Gasteiger partial charge in [0.25, 0.3) is 0 Å². The number of amides is 2. The minimum atomic E-state index is -1.05. The number of carbonyl (C=O) groups excluding carboxylic acids is 3. The number of carbonyl (C=O) groups is 4. The van der Waals surface area contributed by atoms with Gasteiger partial charge in [-0.05, 0) is 55.5 Å². The Bertz CT molecular complexity index is 1070. The summed E-state index contributed by atoms with van der Waals surface area (Å²) in [5.74, 6) is -2.08. The summed E-state index contributed by atoms with van der Waals surface area (Å²) >= 11 is 1.20. The molecule has 1 aliphatic heterocycles. The molecule has 166 valence electrons. The van der Waals surface area contributed by atoms with Crippen LogP contribution in [0.1, 0.15) is 34.1 Å². The van der Waals surface area contributed by atoms with E-state index in [0.29, 0.717) is 28.7 Å². The number of nitrogens with one attached hydrogen (secondary N) is 1. The summed E-state index contributed by atoms with van der Waals surface area (Å²) in [6.07, 6.45) is -0.0546. The van der Waals surface area contributed by atoms with Gasteiger partial charge in [-0.2, -0.15) is 0 Å². The summed E-state index contributed by atoms with van der Waals surface area (Å²) in [6.45, 7) is 2.22. The second-order valence-electron chi connectivity index (χ2n) is 6.76. The lowest BCUT2D eigenvalue weighted by molar-refractivity contribution is -0.128. The molecule has 2 amide bonds. The Balaban J connectivity index is 1.67. The predicted molar refractivity (Wildman–Crippen MR) is 120 cm³/mol. The highest BCUT2D eigenvalue weighted by atomic mass is 32.2. The second kappa shape index (κ2) is 10.1. The molecular formula is C22H21N3O6S. The molecule has 0 aromatic heterocycles. The number of esters is 1. The van der Waals surface area contributed by atoms with Crippen molar-refractivity contribution >= 4 is 52.1 Å². The zero-order chi connectivity index (χ0) is 23.3. The average Bonchev–Trinajstić information content (AvgIpc) is 3.07. The van der Waals surface area contributed by atoms with E-state index >= 15 is 0 Å². The van der Waals surface area contributed by atoms with Crippen LogP contribution in [0.5, 0.6) is 0 Å². The third kappa shape index (κ3) is 5.33. The molecule has 1 heterocycles. The smallest absolute Gasteiger partial charge is 0.337 e. The Morgan fingerprint density at radius 3 is 2.28 bits per heavy atom. The van der Waals surface area contributed by atoms with Gasteiger partial charge in [0, 0.05) is 18.7 Å². The van der Waals surface area contributed by atoms with Crippen molar-refractivity contribution in [1.29, 1.82) is 0 Å². The van der Waals surface area contributed by atoms with Crippen LogP contribution in [-0.4, -0.2) is 57.8 Å². The number of ether oxygens (including phenoxy) is 1. The number of anilines is 1. The van der Waals surface area contributed by atoms with Crippen molar-refractivity contribution in [1.82, 2.24) is 4.90 Å². The van der Waals surface area contributed by atoms with Gasteiger partial charge in [0.2, 0.25) is 11.8 Å². The van der Waals surface area contributed by atoms with Crippen LogP contribution in [-0.2, 0) is 14.3 Å². The van der Waals surface area contributed by atoms with Crippen molar-refractivity contribution in [3.63, 3.8) is 0 Å². The number of hydrogen-bond acceptors (Lipinski definition) is 7. The van der Waals surface area contributed by atoms with Gasteiger partial charge in [-0.25, -0.2) is 14.6 Å². The molecule has 1 unspecified atom stereocenters. The van der Waals surface area contributed by atoms with Gasteiger partial charge in [-0.15, -0.1) is 0 Å². The summed E-state index contributed by atoms with van der Waals surface area (Å²) in [6, 6.07) is 12.2. The fourth-order valence-corrected chi connectivity index (χ4v) is 4.21. The summed E-state index contributed by atoms with van der Waals surface area (Å²) in [7, 11) is 1.30. The molecule has 2 aromatic rings. The number of carboxylic acid groups (broad SMARTS) is 1. The van der Waals surface area contributed by atoms with Gasteiger partial charge in [-0.1, -0.05) is 11.8 Å². The second-order valence-corrected chi connectivity index (χ2v) is 7.93. The topological polar surface area (TPSA) is 125 Å². The molecule has 2 N–H and O–H groups in total. The Kier molecular flexibility index (Phi) is 7.26. The summed E-state index contributed by atoms with van der Waals surface area (Å²) in [4.78, 5) is 53.7. The number of rotatable bonds is 7. The molecule has 0 spiro atoms. The summed E-state index contributed by atoms with van der Waals surface area (Å²) in [5, 5.41) is 11.5. The molecule has 0 bridgehead atoms. The van der Waals surface area contributed by atoms with Crippen LogP contribution in [0, 0.1) is 0 Å². The highest BCUT2D eigenvalue weighted by Gasteiger charge is 2.38. The fourth-order valence-electron chi connectivity index (χ4n) is 2.99. The first-order chi connectivity index (χ1) is 15.3. The Labute approximate surface area is 188 Å². The Hall–Kier alpha value is -3.66. The Morgan fingerprint density at radius 1 is 1.09 bits per heavy atom. The number of benzene rings is 2. The molecule has 32 heavy (non-hydrogen) atoms. The fraction of sp³-hybridized carbons (Fsp3) is 0.227. The average molecular weight is 455 g/mol. The van der Waals surface area contributed by atoms with E-state index in [1.807, 2.05) is 6.92 Å². The van der Waals surface area contributed by atoms with E-state index < -0.39 is 17.2 Å². The number of methoxy groups -OCH3 is 1. The minimum absolute atomic E-state index is 0.0546. The Morgan fingerprint density at radius 2 is 1.72 bits per heavy atom. The van der Waals surface area contributed by atoms with E-state index in [-0.39, 0.29) is 23.8 Å². The number of thioether (sulfide) groups is 1. The van der Waals surface area contributed by atoms with Crippen molar-refractivity contribution in [2.24, 2.45) is 4.99 Å². The van der Waals surface area contributed by atoms with Crippen molar-refractivity contribution in [2.75, 3.05) is 19.0 Å². The zero-order valence-corrected chi connectivity index (χ0v) is 18.2. The lowest BCUT2D eigenvalue weighted by Crippen LogP contribution is -2.33. The number of amidine groups is 1. The maximum absolute atomic E-state index is 12.7. The van der Waals surface area contributed by atoms with Crippen molar-refractivity contribution in [2.45, 2.75) is 18.6 Å². The van der Waals surface area contributed by atoms with E-state index in [1.165, 1.54) is 48.0 Å². The van der Waals surface area contributed by atoms with Gasteiger partial charge in [0.15, 0.2) is 5.17 Å². The maximum Gasteiger partial charge on any atom is 0.337 e. The van der Waals surface area contributed by atoms with E-state index in [4.69, 9.17) is 5.11 Å². The van der Waals surface area contributed by atoms with E-state index in [0.717, 1.165) is 0 Å². The SMILES string of the molecule is CCN1C(=O)C(CC(=O)Nc2ccc(C(=O)O)cc2)SC1=Nc1ccc(C(=O)OC)cc1. The highest BCUT2D eigenvalue weighted by Crippen LogP contribution is 2.31. The first kappa shape index (κ1) is 23.0. The van der Waals surface area contributed by atoms with Crippen molar-refractivity contribution < 1.29 is 29.0 Å². The first-order valence-corrected chi connectivity index (χ1v) is 10.6. The van der Waals surface area contributed by atoms with Crippen LogP contribution in [0.3, 0.4) is 0 Å². The van der Waals surface area contributed by atoms with Crippen LogP contribution in [0.2, 0.25) is 0 Å². The largest absolute Gasteiger partial charge is 0.478 e. The van der Waals surface area contributed by atoms with Crippen LogP contribution in [0.4, 0.5) is 11.4 Å². The first-order valence-electron chi connectivity index (χ1n) is 9.70. The molecule has 1 saturated heterocycles. The molecule has 1 atom stereocenters. The molecule has 0 saturated carbocycles. The monoisotopic (exact) mass is 455 g/mol. The summed E-state index contributed by atoms with van der Waals surface area (Å²) in [5.41, 5.74) is 1.52. The van der Waals surface area contributed by atoms with E-state index in [1.54, 1.807) is 24.3 Å². The number of aliphatic imine (C=N–C) groups is 1. The molecule has 0 aliphatic carbocycles. The van der Waals surface area contributed by atoms with Gasteiger partial charge in [0.05, 0.1) is 23.9 Å². The third-order valence-electron chi connectivity index (χ3n) is 4.64. The van der Waals surface area contributed by atoms with Gasteiger partial charge in [0.1, 0.15) is 5.25 Å². The third-order valence-corrected chi connectivity index (χ3v) is 5.81. The molecule has 3 rings (SSSR count). The zero-order valence-electron chi connectivity index (χ0n) is 17.4. The van der Waals surface area contributed by atoms with Crippen LogP contribution < -0.4 is 5.32 Å². The standard InChI is InChI=1S/C22H21N3O6S/c1-3-25-19(27)17(12-18(26)23-15-8-4-13(5-9-15)20(28)29)32-22(25)24-16-10-6-14(7-11-16)21(30)31-2/h4-11,17H,3,12H2,1-2H3,(H,23,26)(H,28,29). The van der Waals surface area contributed by atoms with E-state index in [9.17, 15) is 19.2 Å². The van der Waals surface area contributed by atoms with Gasteiger partial charge >= 0.3 is 11.9 Å². The lowest BCUT2D eigenvalue weighted by atomic mass is 10.2. The van der Waals surface area contributed by atoms with Crippen LogP contribution >= 0.6 is 11.8 Å². The maximum atomic E-state index is 12.7. The molecule has 2 aromatic carbocycles. The van der Waals surface area contributed by atoms with E-state index in [2.05, 4.69) is 15.0 Å². The molecular weight excluding hydrogens is 434 g/mol. The number of carboxylic acids is 1. The van der Waals surface area contributed by atoms with Crippen LogP contribution in [0.15, 0.2) is 53.5 Å². The normalized spacial score (nSPS) is 16.8. The lowest BCUT2D eigenvalue weighted by Gasteiger charge is -2.13.